The Morgan fingerprint density at radius 2 is 1.75 bits per heavy atom. The van der Waals surface area contributed by atoms with Crippen LogP contribution in [0.15, 0.2) is 0 Å². The van der Waals surface area contributed by atoms with Gasteiger partial charge in [0.15, 0.2) is 0 Å². The molecule has 3 rings (SSSR count). The van der Waals surface area contributed by atoms with Crippen LogP contribution < -0.4 is 0 Å². The van der Waals surface area contributed by atoms with Gasteiger partial charge in [-0.1, -0.05) is 12.8 Å². The molecular weight excluding hydrogens is 148 g/mol. The fourth-order valence-corrected chi connectivity index (χ4v) is 2.99. The molecule has 68 valence electrons. The van der Waals surface area contributed by atoms with E-state index < -0.39 is 0 Å². The summed E-state index contributed by atoms with van der Waals surface area (Å²) in [4.78, 5) is 0. The van der Waals surface area contributed by atoms with Gasteiger partial charge in [-0.2, -0.15) is 0 Å². The lowest BCUT2D eigenvalue weighted by Gasteiger charge is -2.40. The Morgan fingerprint density at radius 1 is 0.917 bits per heavy atom. The lowest BCUT2D eigenvalue weighted by atomic mass is 9.80. The van der Waals surface area contributed by atoms with Crippen molar-refractivity contribution >= 4 is 0 Å². The van der Waals surface area contributed by atoms with Gasteiger partial charge in [0.25, 0.3) is 0 Å². The molecule has 2 saturated carbocycles. The van der Waals surface area contributed by atoms with Crippen LogP contribution in [0.1, 0.15) is 51.4 Å². The van der Waals surface area contributed by atoms with Gasteiger partial charge >= 0.3 is 0 Å². The molecule has 3 aliphatic rings. The molecule has 1 heteroatoms. The molecule has 2 atom stereocenters. The minimum absolute atomic E-state index is 0.415. The molecule has 0 aromatic heterocycles. The van der Waals surface area contributed by atoms with Crippen molar-refractivity contribution in [2.75, 3.05) is 0 Å². The Kier molecular flexibility index (Phi) is 1.52. The van der Waals surface area contributed by atoms with Crippen molar-refractivity contribution in [1.29, 1.82) is 0 Å². The van der Waals surface area contributed by atoms with Gasteiger partial charge in [-0.25, -0.2) is 0 Å². The number of hydrogen-bond acceptors (Lipinski definition) is 1. The van der Waals surface area contributed by atoms with Crippen molar-refractivity contribution < 1.29 is 4.74 Å². The highest BCUT2D eigenvalue weighted by atomic mass is 16.5. The van der Waals surface area contributed by atoms with Gasteiger partial charge in [-0.3, -0.25) is 0 Å². The summed E-state index contributed by atoms with van der Waals surface area (Å²) in [6.07, 6.45) is 11.9. The van der Waals surface area contributed by atoms with Crippen LogP contribution in [0.3, 0.4) is 0 Å². The normalized spacial score (nSPS) is 44.0. The smallest absolute Gasteiger partial charge is 0.0688 e. The third-order valence-electron chi connectivity index (χ3n) is 4.02. The highest BCUT2D eigenvalue weighted by molar-refractivity contribution is 5.01. The van der Waals surface area contributed by atoms with Crippen LogP contribution in [-0.2, 0) is 4.74 Å². The Bertz CT molecular complexity index is 183. The van der Waals surface area contributed by atoms with Gasteiger partial charge < -0.3 is 4.74 Å². The maximum atomic E-state index is 6.19. The maximum Gasteiger partial charge on any atom is 0.0688 e. The second kappa shape index (κ2) is 2.47. The molecule has 0 bridgehead atoms. The van der Waals surface area contributed by atoms with Crippen LogP contribution in [0.2, 0.25) is 0 Å². The predicted molar refractivity (Wildman–Crippen MR) is 48.0 cm³/mol. The van der Waals surface area contributed by atoms with Crippen LogP contribution in [0.5, 0.6) is 0 Å². The fraction of sp³-hybridized carbons (Fsp3) is 1.00. The zero-order chi connectivity index (χ0) is 8.02. The molecule has 0 radical (unpaired) electrons. The predicted octanol–water partition coefficient (Wildman–Crippen LogP) is 2.89. The number of hydrogen-bond donors (Lipinski definition) is 0. The van der Waals surface area contributed by atoms with Crippen molar-refractivity contribution in [3.05, 3.63) is 0 Å². The highest BCUT2D eigenvalue weighted by Gasteiger charge is 2.50. The van der Waals surface area contributed by atoms with Gasteiger partial charge in [0, 0.05) is 0 Å². The Morgan fingerprint density at radius 3 is 2.58 bits per heavy atom. The second-order valence-corrected chi connectivity index (χ2v) is 4.92. The molecule has 2 aliphatic carbocycles. The fourth-order valence-electron chi connectivity index (χ4n) is 2.99. The SMILES string of the molecule is C1CCC2OC3(CCC2C1)CC3. The van der Waals surface area contributed by atoms with E-state index in [0.29, 0.717) is 11.7 Å². The van der Waals surface area contributed by atoms with Crippen LogP contribution in [0.4, 0.5) is 0 Å². The van der Waals surface area contributed by atoms with Crippen LogP contribution in [0.25, 0.3) is 0 Å². The first-order valence-corrected chi connectivity index (χ1v) is 5.56. The first kappa shape index (κ1) is 7.37. The second-order valence-electron chi connectivity index (χ2n) is 4.92. The van der Waals surface area contributed by atoms with Crippen molar-refractivity contribution in [3.63, 3.8) is 0 Å². The number of rotatable bonds is 0. The van der Waals surface area contributed by atoms with Crippen molar-refractivity contribution in [2.45, 2.75) is 63.1 Å². The van der Waals surface area contributed by atoms with Gasteiger partial charge in [-0.15, -0.1) is 0 Å². The third kappa shape index (κ3) is 1.10. The molecule has 12 heavy (non-hydrogen) atoms. The lowest BCUT2D eigenvalue weighted by molar-refractivity contribution is -0.113. The van der Waals surface area contributed by atoms with E-state index in [2.05, 4.69) is 0 Å². The molecule has 1 heterocycles. The summed E-state index contributed by atoms with van der Waals surface area (Å²) < 4.78 is 6.19. The quantitative estimate of drug-likeness (QED) is 0.537. The van der Waals surface area contributed by atoms with Crippen LogP contribution in [0, 0.1) is 5.92 Å². The topological polar surface area (TPSA) is 9.23 Å². The summed E-state index contributed by atoms with van der Waals surface area (Å²) in [5, 5.41) is 0. The minimum Gasteiger partial charge on any atom is -0.371 e. The molecule has 1 saturated heterocycles. The first-order chi connectivity index (χ1) is 5.88. The number of fused-ring (bicyclic) bond motifs is 1. The van der Waals surface area contributed by atoms with E-state index in [4.69, 9.17) is 4.74 Å². The Labute approximate surface area is 74.5 Å². The van der Waals surface area contributed by atoms with Gasteiger partial charge in [-0.05, 0) is 44.4 Å². The van der Waals surface area contributed by atoms with Crippen molar-refractivity contribution in [1.82, 2.24) is 0 Å². The lowest BCUT2D eigenvalue weighted by Crippen LogP contribution is -2.38. The molecule has 1 nitrogen and oxygen atoms in total. The van der Waals surface area contributed by atoms with Crippen LogP contribution in [-0.4, -0.2) is 11.7 Å². The first-order valence-electron chi connectivity index (χ1n) is 5.56. The van der Waals surface area contributed by atoms with E-state index in [-0.39, 0.29) is 0 Å². The molecule has 0 aromatic rings. The molecule has 1 aliphatic heterocycles. The average molecular weight is 166 g/mol. The Hall–Kier alpha value is -0.0400. The number of ether oxygens (including phenoxy) is 1. The molecular formula is C11H18O. The van der Waals surface area contributed by atoms with Crippen molar-refractivity contribution in [2.24, 2.45) is 5.92 Å². The van der Waals surface area contributed by atoms with Gasteiger partial charge in [0.05, 0.1) is 11.7 Å². The van der Waals surface area contributed by atoms with E-state index >= 15 is 0 Å². The molecule has 2 unspecified atom stereocenters. The summed E-state index contributed by atoms with van der Waals surface area (Å²) in [5.74, 6) is 0.935. The third-order valence-corrected chi connectivity index (χ3v) is 4.02. The van der Waals surface area contributed by atoms with Crippen molar-refractivity contribution in [3.8, 4) is 0 Å². The molecule has 0 N–H and O–H groups in total. The standard InChI is InChI=1S/C11H18O/c1-2-4-10-9(3-1)5-6-11(12-10)7-8-11/h9-10H,1-8H2. The summed E-state index contributed by atoms with van der Waals surface area (Å²) in [5.41, 5.74) is 0.415. The van der Waals surface area contributed by atoms with E-state index in [1.54, 1.807) is 0 Å². The molecule has 1 spiro atoms. The summed E-state index contributed by atoms with van der Waals surface area (Å²) in [6, 6.07) is 0. The zero-order valence-electron chi connectivity index (χ0n) is 7.72. The van der Waals surface area contributed by atoms with E-state index in [9.17, 15) is 0 Å². The summed E-state index contributed by atoms with van der Waals surface area (Å²) in [7, 11) is 0. The van der Waals surface area contributed by atoms with Gasteiger partial charge in [0.1, 0.15) is 0 Å². The monoisotopic (exact) mass is 166 g/mol. The highest BCUT2D eigenvalue weighted by Crippen LogP contribution is 2.51. The zero-order valence-corrected chi connectivity index (χ0v) is 7.72. The average Bonchev–Trinajstić information content (AvgIpc) is 2.85. The Balaban J connectivity index is 1.70. The van der Waals surface area contributed by atoms with Gasteiger partial charge in [0.2, 0.25) is 0 Å². The van der Waals surface area contributed by atoms with E-state index in [1.807, 2.05) is 0 Å². The molecule has 0 aromatic carbocycles. The molecule has 3 fully saturated rings. The summed E-state index contributed by atoms with van der Waals surface area (Å²) in [6.45, 7) is 0. The maximum absolute atomic E-state index is 6.19. The molecule has 0 amide bonds. The van der Waals surface area contributed by atoms with Crippen LogP contribution >= 0.6 is 0 Å². The van der Waals surface area contributed by atoms with E-state index in [1.165, 1.54) is 51.4 Å². The largest absolute Gasteiger partial charge is 0.371 e. The van der Waals surface area contributed by atoms with E-state index in [0.717, 1.165) is 5.92 Å². The minimum atomic E-state index is 0.415. The summed E-state index contributed by atoms with van der Waals surface area (Å²) >= 11 is 0.